The van der Waals surface area contributed by atoms with E-state index >= 15 is 0 Å². The molecule has 0 spiro atoms. The molecule has 0 aliphatic rings. The molecule has 0 unspecified atom stereocenters. The first kappa shape index (κ1) is 10.2. The van der Waals surface area contributed by atoms with Gasteiger partial charge in [0.05, 0.1) is 5.56 Å². The number of carbonyl (C=O) groups excluding carboxylic acids is 1. The molecule has 0 aliphatic heterocycles. The fourth-order valence-corrected chi connectivity index (χ4v) is 2.65. The average molecular weight is 316 g/mol. The van der Waals surface area contributed by atoms with Crippen molar-refractivity contribution in [3.8, 4) is 0 Å². The average Bonchev–Trinajstić information content (AvgIpc) is 1.82. The van der Waals surface area contributed by atoms with Gasteiger partial charge in [-0.15, -0.1) is 0 Å². The van der Waals surface area contributed by atoms with Gasteiger partial charge in [-0.1, -0.05) is 0 Å². The van der Waals surface area contributed by atoms with Crippen molar-refractivity contribution in [2.24, 2.45) is 0 Å². The molecule has 1 aromatic rings. The molecule has 0 N–H and O–H groups in total. The van der Waals surface area contributed by atoms with Gasteiger partial charge in [0.2, 0.25) is 0 Å². The Morgan fingerprint density at radius 1 is 1.33 bits per heavy atom. The van der Waals surface area contributed by atoms with Gasteiger partial charge in [-0.25, -0.2) is 4.39 Å². The van der Waals surface area contributed by atoms with Crippen LogP contribution in [0.15, 0.2) is 21.1 Å². The van der Waals surface area contributed by atoms with Crippen LogP contribution in [0.4, 0.5) is 4.39 Å². The van der Waals surface area contributed by atoms with E-state index in [9.17, 15) is 9.18 Å². The van der Waals surface area contributed by atoms with Gasteiger partial charge in [0.25, 0.3) is 5.24 Å². The minimum absolute atomic E-state index is 0.234. The van der Waals surface area contributed by atoms with Gasteiger partial charge >= 0.3 is 0 Å². The highest BCUT2D eigenvalue weighted by Crippen LogP contribution is 2.27. The summed E-state index contributed by atoms with van der Waals surface area (Å²) in [7, 11) is 0. The van der Waals surface area contributed by atoms with Crippen LogP contribution in [-0.4, -0.2) is 5.24 Å². The lowest BCUT2D eigenvalue weighted by Gasteiger charge is -2.01. The number of rotatable bonds is 1. The topological polar surface area (TPSA) is 17.1 Å². The number of carbonyl (C=O) groups is 1. The molecule has 0 fully saturated rings. The van der Waals surface area contributed by atoms with Gasteiger partial charge in [0.15, 0.2) is 0 Å². The summed E-state index contributed by atoms with van der Waals surface area (Å²) in [5.41, 5.74) is 0.234. The van der Waals surface area contributed by atoms with E-state index < -0.39 is 11.1 Å². The molecule has 1 aromatic carbocycles. The van der Waals surface area contributed by atoms with E-state index in [1.54, 1.807) is 0 Å². The summed E-state index contributed by atoms with van der Waals surface area (Å²) >= 11 is 11.3. The molecular formula is C7H2Br2ClFO. The third-order valence-electron chi connectivity index (χ3n) is 1.20. The molecule has 0 aliphatic carbocycles. The molecule has 0 saturated carbocycles. The Labute approximate surface area is 90.2 Å². The second-order valence-corrected chi connectivity index (χ2v) is 4.07. The minimum Gasteiger partial charge on any atom is -0.276 e. The highest BCUT2D eigenvalue weighted by Gasteiger charge is 2.12. The number of benzene rings is 1. The summed E-state index contributed by atoms with van der Waals surface area (Å²) in [5.74, 6) is -0.435. The van der Waals surface area contributed by atoms with Crippen molar-refractivity contribution < 1.29 is 9.18 Å². The second-order valence-electron chi connectivity index (χ2n) is 2.02. The predicted octanol–water partition coefficient (Wildman–Crippen LogP) is 3.73. The normalized spacial score (nSPS) is 10.0. The van der Waals surface area contributed by atoms with Crippen molar-refractivity contribution >= 4 is 48.7 Å². The molecule has 0 atom stereocenters. The highest BCUT2D eigenvalue weighted by molar-refractivity contribution is 9.11. The third-order valence-corrected chi connectivity index (χ3v) is 2.64. The van der Waals surface area contributed by atoms with Crippen molar-refractivity contribution in [1.29, 1.82) is 0 Å². The highest BCUT2D eigenvalue weighted by atomic mass is 79.9. The van der Waals surface area contributed by atoms with Crippen LogP contribution in [0.1, 0.15) is 10.4 Å². The zero-order chi connectivity index (χ0) is 9.30. The van der Waals surface area contributed by atoms with E-state index in [4.69, 9.17) is 11.6 Å². The van der Waals surface area contributed by atoms with E-state index in [1.807, 2.05) is 0 Å². The van der Waals surface area contributed by atoms with Gasteiger partial charge in [-0.2, -0.15) is 0 Å². The van der Waals surface area contributed by atoms with Crippen molar-refractivity contribution in [3.05, 3.63) is 32.5 Å². The lowest BCUT2D eigenvalue weighted by molar-refractivity contribution is 0.108. The maximum absolute atomic E-state index is 12.7. The van der Waals surface area contributed by atoms with Gasteiger partial charge in [-0.3, -0.25) is 4.79 Å². The largest absolute Gasteiger partial charge is 0.276 e. The van der Waals surface area contributed by atoms with Crippen molar-refractivity contribution in [2.45, 2.75) is 0 Å². The fourth-order valence-electron chi connectivity index (χ4n) is 0.730. The Balaban J connectivity index is 3.38. The van der Waals surface area contributed by atoms with Gasteiger partial charge < -0.3 is 0 Å². The molecule has 0 radical (unpaired) electrons. The summed E-state index contributed by atoms with van der Waals surface area (Å²) in [5, 5.41) is -0.631. The summed E-state index contributed by atoms with van der Waals surface area (Å²) in [4.78, 5) is 10.8. The Morgan fingerprint density at radius 3 is 2.08 bits per heavy atom. The molecule has 0 aromatic heterocycles. The lowest BCUT2D eigenvalue weighted by atomic mass is 10.2. The molecule has 0 saturated heterocycles. The number of hydrogen-bond acceptors (Lipinski definition) is 1. The van der Waals surface area contributed by atoms with Crippen LogP contribution in [0.3, 0.4) is 0 Å². The lowest BCUT2D eigenvalue weighted by Crippen LogP contribution is -1.93. The van der Waals surface area contributed by atoms with Gasteiger partial charge in [0.1, 0.15) is 5.82 Å². The zero-order valence-corrected chi connectivity index (χ0v) is 9.50. The minimum atomic E-state index is -0.631. The van der Waals surface area contributed by atoms with Crippen LogP contribution in [0, 0.1) is 5.82 Å². The molecule has 0 amide bonds. The second kappa shape index (κ2) is 3.85. The van der Waals surface area contributed by atoms with Crippen molar-refractivity contribution in [2.75, 3.05) is 0 Å². The molecule has 1 nitrogen and oxygen atoms in total. The smallest absolute Gasteiger partial charge is 0.254 e. The Hall–Kier alpha value is 0.0700. The van der Waals surface area contributed by atoms with Crippen LogP contribution in [0.2, 0.25) is 0 Å². The third kappa shape index (κ3) is 2.06. The Bertz CT molecular complexity index is 317. The summed E-state index contributed by atoms with van der Waals surface area (Å²) in [6.07, 6.45) is 0. The van der Waals surface area contributed by atoms with Crippen molar-refractivity contribution in [3.63, 3.8) is 0 Å². The number of halogens is 4. The standard InChI is InChI=1S/C7H2Br2ClFO/c8-4-1-3(11)2-5(9)6(4)7(10)12/h1-2H. The fraction of sp³-hybridized carbons (Fsp3) is 0. The van der Waals surface area contributed by atoms with Gasteiger partial charge in [-0.05, 0) is 55.6 Å². The van der Waals surface area contributed by atoms with Gasteiger partial charge in [0, 0.05) is 8.95 Å². The predicted molar refractivity (Wildman–Crippen MR) is 52.0 cm³/mol. The quantitative estimate of drug-likeness (QED) is 0.722. The SMILES string of the molecule is O=C(Cl)c1c(Br)cc(F)cc1Br. The van der Waals surface area contributed by atoms with Crippen LogP contribution in [-0.2, 0) is 0 Å². The van der Waals surface area contributed by atoms with E-state index in [-0.39, 0.29) is 5.56 Å². The zero-order valence-electron chi connectivity index (χ0n) is 5.57. The summed E-state index contributed by atoms with van der Waals surface area (Å²) in [6.45, 7) is 0. The summed E-state index contributed by atoms with van der Waals surface area (Å²) < 4.78 is 13.3. The first-order chi connectivity index (χ1) is 5.52. The Morgan fingerprint density at radius 2 is 1.75 bits per heavy atom. The molecule has 0 heterocycles. The van der Waals surface area contributed by atoms with Crippen LogP contribution in [0.5, 0.6) is 0 Å². The Kier molecular flexibility index (Phi) is 3.26. The van der Waals surface area contributed by atoms with E-state index in [0.717, 1.165) is 0 Å². The molecule has 1 rings (SSSR count). The van der Waals surface area contributed by atoms with E-state index in [1.165, 1.54) is 12.1 Å². The molecule has 5 heteroatoms. The van der Waals surface area contributed by atoms with Crippen LogP contribution < -0.4 is 0 Å². The first-order valence-corrected chi connectivity index (χ1v) is 4.83. The first-order valence-electron chi connectivity index (χ1n) is 2.86. The monoisotopic (exact) mass is 314 g/mol. The molecule has 0 bridgehead atoms. The van der Waals surface area contributed by atoms with E-state index in [2.05, 4.69) is 31.9 Å². The maximum Gasteiger partial charge on any atom is 0.254 e. The summed E-state index contributed by atoms with van der Waals surface area (Å²) in [6, 6.07) is 2.36. The van der Waals surface area contributed by atoms with Crippen LogP contribution >= 0.6 is 43.5 Å². The molecule has 64 valence electrons. The molecular weight excluding hydrogens is 314 g/mol. The molecule has 12 heavy (non-hydrogen) atoms. The van der Waals surface area contributed by atoms with E-state index in [0.29, 0.717) is 8.95 Å². The maximum atomic E-state index is 12.7. The van der Waals surface area contributed by atoms with Crippen molar-refractivity contribution in [1.82, 2.24) is 0 Å². The number of hydrogen-bond donors (Lipinski definition) is 0. The van der Waals surface area contributed by atoms with Crippen LogP contribution in [0.25, 0.3) is 0 Å².